The van der Waals surface area contributed by atoms with Gasteiger partial charge in [-0.1, -0.05) is 110 Å². The average molecular weight is 529 g/mol. The van der Waals surface area contributed by atoms with Crippen LogP contribution in [0.4, 0.5) is 0 Å². The number of nitrogens with zero attached hydrogens (tertiary/aromatic N) is 4. The van der Waals surface area contributed by atoms with Crippen molar-refractivity contribution in [2.75, 3.05) is 0 Å². The van der Waals surface area contributed by atoms with Gasteiger partial charge in [-0.15, -0.1) is 0 Å². The van der Waals surface area contributed by atoms with E-state index in [1.54, 1.807) is 0 Å². The van der Waals surface area contributed by atoms with Crippen molar-refractivity contribution in [3.8, 4) is 39.9 Å². The van der Waals surface area contributed by atoms with Crippen LogP contribution in [0, 0.1) is 6.92 Å². The number of aryl methyl sites for hydroxylation is 1. The number of hydrogen-bond donors (Lipinski definition) is 0. The van der Waals surface area contributed by atoms with Gasteiger partial charge in [0.25, 0.3) is 0 Å². The summed E-state index contributed by atoms with van der Waals surface area (Å²) in [4.78, 5) is 15.1. The van der Waals surface area contributed by atoms with E-state index < -0.39 is 0 Å². The molecule has 0 aliphatic heterocycles. The second-order valence-electron chi connectivity index (χ2n) is 11.5. The van der Waals surface area contributed by atoms with Gasteiger partial charge in [0.1, 0.15) is 0 Å². The molecule has 0 unspecified atom stereocenters. The van der Waals surface area contributed by atoms with E-state index in [2.05, 4.69) is 104 Å². The van der Waals surface area contributed by atoms with E-state index in [0.717, 1.165) is 22.2 Å². The fraction of sp³-hybridized carbons (Fsp3) is 0.108. The predicted molar refractivity (Wildman–Crippen MR) is 167 cm³/mol. The van der Waals surface area contributed by atoms with Crippen LogP contribution in [0.5, 0.6) is 0 Å². The molecule has 1 aliphatic carbocycles. The van der Waals surface area contributed by atoms with Crippen molar-refractivity contribution in [2.45, 2.75) is 26.2 Å². The summed E-state index contributed by atoms with van der Waals surface area (Å²) in [7, 11) is 0. The summed E-state index contributed by atoms with van der Waals surface area (Å²) < 4.78 is 2.23. The molecule has 0 saturated heterocycles. The number of rotatable bonds is 3. The zero-order valence-corrected chi connectivity index (χ0v) is 23.3. The molecule has 2 aromatic heterocycles. The Labute approximate surface area is 239 Å². The zero-order valence-electron chi connectivity index (χ0n) is 23.3. The van der Waals surface area contributed by atoms with Crippen LogP contribution < -0.4 is 0 Å². The Kier molecular flexibility index (Phi) is 5.05. The minimum Gasteiger partial charge on any atom is -0.278 e. The molecule has 8 rings (SSSR count). The molecule has 2 heterocycles. The lowest BCUT2D eigenvalue weighted by molar-refractivity contribution is 0.661. The molecular formula is C37H28N4. The highest BCUT2D eigenvalue weighted by Gasteiger charge is 2.36. The first-order chi connectivity index (χ1) is 20.0. The minimum atomic E-state index is -0.110. The van der Waals surface area contributed by atoms with Crippen molar-refractivity contribution in [1.82, 2.24) is 19.5 Å². The maximum absolute atomic E-state index is 5.10. The van der Waals surface area contributed by atoms with Gasteiger partial charge in [-0.25, -0.2) is 4.98 Å². The first-order valence-electron chi connectivity index (χ1n) is 14.1. The van der Waals surface area contributed by atoms with Crippen molar-refractivity contribution >= 4 is 21.8 Å². The molecule has 0 saturated carbocycles. The van der Waals surface area contributed by atoms with Crippen molar-refractivity contribution < 1.29 is 0 Å². The first kappa shape index (κ1) is 23.8. The lowest BCUT2D eigenvalue weighted by Crippen LogP contribution is -2.15. The van der Waals surface area contributed by atoms with Crippen LogP contribution in [-0.2, 0) is 5.41 Å². The Bertz CT molecular complexity index is 2070. The molecule has 0 bridgehead atoms. The molecular weight excluding hydrogens is 500 g/mol. The summed E-state index contributed by atoms with van der Waals surface area (Å²) in [6, 6.07) is 40.5. The average Bonchev–Trinajstić information content (AvgIpc) is 3.45. The van der Waals surface area contributed by atoms with E-state index in [0.29, 0.717) is 17.6 Å². The van der Waals surface area contributed by atoms with Gasteiger partial charge in [0.15, 0.2) is 11.6 Å². The number of fused-ring (bicyclic) bond motifs is 6. The summed E-state index contributed by atoms with van der Waals surface area (Å²) in [5.74, 6) is 1.94. The quantitative estimate of drug-likeness (QED) is 0.230. The van der Waals surface area contributed by atoms with Crippen LogP contribution in [-0.4, -0.2) is 19.5 Å². The maximum Gasteiger partial charge on any atom is 0.238 e. The summed E-state index contributed by atoms with van der Waals surface area (Å²) >= 11 is 0. The van der Waals surface area contributed by atoms with Crippen LogP contribution >= 0.6 is 0 Å². The Balaban J connectivity index is 1.47. The van der Waals surface area contributed by atoms with Gasteiger partial charge < -0.3 is 0 Å². The molecule has 0 amide bonds. The highest BCUT2D eigenvalue weighted by Crippen LogP contribution is 2.50. The van der Waals surface area contributed by atoms with Crippen molar-refractivity contribution in [3.05, 3.63) is 132 Å². The summed E-state index contributed by atoms with van der Waals surface area (Å²) in [5.41, 5.74) is 10.6. The SMILES string of the molecule is Cc1ccc2c(c1)c1cc3c(cc1n2-c1nc(-c2ccccc2)nc(-c2ccccc2)n1)C(C)(C)c1ccccc1-3. The molecule has 7 aromatic rings. The van der Waals surface area contributed by atoms with Crippen LogP contribution in [0.2, 0.25) is 0 Å². The number of hydrogen-bond acceptors (Lipinski definition) is 3. The number of aromatic nitrogens is 4. The summed E-state index contributed by atoms with van der Waals surface area (Å²) in [5, 5.41) is 2.41. The van der Waals surface area contributed by atoms with Crippen molar-refractivity contribution in [2.24, 2.45) is 0 Å². The van der Waals surface area contributed by atoms with Gasteiger partial charge in [0.2, 0.25) is 5.95 Å². The van der Waals surface area contributed by atoms with Crippen molar-refractivity contribution in [1.29, 1.82) is 0 Å². The Morgan fingerprint density at radius 2 is 1.15 bits per heavy atom. The van der Waals surface area contributed by atoms with Gasteiger partial charge in [-0.05, 0) is 53.4 Å². The van der Waals surface area contributed by atoms with Crippen LogP contribution in [0.3, 0.4) is 0 Å². The topological polar surface area (TPSA) is 43.6 Å². The van der Waals surface area contributed by atoms with Crippen molar-refractivity contribution in [3.63, 3.8) is 0 Å². The van der Waals surface area contributed by atoms with Gasteiger partial charge >= 0.3 is 0 Å². The second-order valence-corrected chi connectivity index (χ2v) is 11.5. The first-order valence-corrected chi connectivity index (χ1v) is 14.1. The summed E-state index contributed by atoms with van der Waals surface area (Å²) in [6.45, 7) is 6.80. The third-order valence-electron chi connectivity index (χ3n) is 8.51. The number of benzene rings is 5. The Hall–Kier alpha value is -5.09. The van der Waals surface area contributed by atoms with Gasteiger partial charge in [0.05, 0.1) is 11.0 Å². The Morgan fingerprint density at radius 1 is 0.537 bits per heavy atom. The third kappa shape index (κ3) is 3.57. The smallest absolute Gasteiger partial charge is 0.238 e. The summed E-state index contributed by atoms with van der Waals surface area (Å²) in [6.07, 6.45) is 0. The normalized spacial score (nSPS) is 13.4. The van der Waals surface area contributed by atoms with E-state index in [1.807, 2.05) is 36.4 Å². The maximum atomic E-state index is 5.10. The van der Waals surface area contributed by atoms with Crippen LogP contribution in [0.25, 0.3) is 61.7 Å². The largest absolute Gasteiger partial charge is 0.278 e. The molecule has 4 nitrogen and oxygen atoms in total. The predicted octanol–water partition coefficient (Wildman–Crippen LogP) is 8.92. The van der Waals surface area contributed by atoms with E-state index >= 15 is 0 Å². The highest BCUT2D eigenvalue weighted by atomic mass is 15.2. The Morgan fingerprint density at radius 3 is 1.83 bits per heavy atom. The second kappa shape index (κ2) is 8.70. The van der Waals surface area contributed by atoms with E-state index in [1.165, 1.54) is 38.6 Å². The lowest BCUT2D eigenvalue weighted by Gasteiger charge is -2.21. The van der Waals surface area contributed by atoms with Gasteiger partial charge in [-0.2, -0.15) is 9.97 Å². The molecule has 41 heavy (non-hydrogen) atoms. The fourth-order valence-electron chi connectivity index (χ4n) is 6.44. The molecule has 0 atom stereocenters. The van der Waals surface area contributed by atoms with E-state index in [-0.39, 0.29) is 5.41 Å². The van der Waals surface area contributed by atoms with Gasteiger partial charge in [-0.3, -0.25) is 4.57 Å². The molecule has 0 N–H and O–H groups in total. The molecule has 0 fully saturated rings. The monoisotopic (exact) mass is 528 g/mol. The van der Waals surface area contributed by atoms with E-state index in [4.69, 9.17) is 15.0 Å². The molecule has 196 valence electrons. The molecule has 0 spiro atoms. The molecule has 4 heteroatoms. The molecule has 5 aromatic carbocycles. The molecule has 1 aliphatic rings. The van der Waals surface area contributed by atoms with Crippen LogP contribution in [0.15, 0.2) is 115 Å². The van der Waals surface area contributed by atoms with E-state index in [9.17, 15) is 0 Å². The van der Waals surface area contributed by atoms with Crippen LogP contribution in [0.1, 0.15) is 30.5 Å². The van der Waals surface area contributed by atoms with Gasteiger partial charge in [0, 0.05) is 27.3 Å². The molecule has 0 radical (unpaired) electrons. The lowest BCUT2D eigenvalue weighted by atomic mass is 9.82. The third-order valence-corrected chi connectivity index (χ3v) is 8.51. The minimum absolute atomic E-state index is 0.110. The highest BCUT2D eigenvalue weighted by molar-refractivity contribution is 6.11. The standard InChI is InChI=1S/C37H28N4/c1-23-18-19-32-28(20-23)29-21-27-26-16-10-11-17-30(26)37(2,3)31(27)22-33(29)41(32)36-39-34(24-12-6-4-7-13-24)38-35(40-36)25-14-8-5-9-15-25/h4-22H,1-3H3. The zero-order chi connectivity index (χ0) is 27.7. The fourth-order valence-corrected chi connectivity index (χ4v) is 6.44.